The third-order valence-electron chi connectivity index (χ3n) is 2.50. The van der Waals surface area contributed by atoms with E-state index in [1.165, 1.54) is 12.1 Å². The van der Waals surface area contributed by atoms with Crippen LogP contribution in [0.5, 0.6) is 0 Å². The Bertz CT molecular complexity index is 492. The Kier molecular flexibility index (Phi) is 3.28. The van der Waals surface area contributed by atoms with Gasteiger partial charge in [-0.3, -0.25) is 0 Å². The van der Waals surface area contributed by atoms with Gasteiger partial charge in [-0.15, -0.1) is 0 Å². The highest BCUT2D eigenvalue weighted by atomic mass is 19.1. The number of nitrogens with zero attached hydrogens (tertiary/aromatic N) is 1. The minimum Gasteiger partial charge on any atom is -0.378 e. The molecule has 0 radical (unpaired) electrons. The number of halogens is 1. The van der Waals surface area contributed by atoms with Crippen molar-refractivity contribution in [3.05, 3.63) is 54.3 Å². The zero-order valence-electron chi connectivity index (χ0n) is 9.94. The number of nitrogens with one attached hydrogen (secondary N) is 1. The fourth-order valence-corrected chi connectivity index (χ4v) is 1.58. The summed E-state index contributed by atoms with van der Waals surface area (Å²) in [4.78, 5) is 2.03. The van der Waals surface area contributed by atoms with E-state index < -0.39 is 0 Å². The molecule has 1 N–H and O–H groups in total. The Labute approximate surface area is 101 Å². The van der Waals surface area contributed by atoms with Crippen molar-refractivity contribution in [2.75, 3.05) is 24.3 Å². The highest BCUT2D eigenvalue weighted by Crippen LogP contribution is 2.20. The lowest BCUT2D eigenvalue weighted by Gasteiger charge is -2.13. The van der Waals surface area contributed by atoms with E-state index in [2.05, 4.69) is 5.32 Å². The van der Waals surface area contributed by atoms with Crippen LogP contribution in [0.2, 0.25) is 0 Å². The van der Waals surface area contributed by atoms with Gasteiger partial charge in [-0.25, -0.2) is 4.39 Å². The minimum absolute atomic E-state index is 0.236. The fourth-order valence-electron chi connectivity index (χ4n) is 1.58. The zero-order valence-corrected chi connectivity index (χ0v) is 9.94. The van der Waals surface area contributed by atoms with Crippen molar-refractivity contribution < 1.29 is 4.39 Å². The van der Waals surface area contributed by atoms with E-state index in [0.717, 1.165) is 17.1 Å². The van der Waals surface area contributed by atoms with E-state index in [1.807, 2.05) is 49.3 Å². The fraction of sp³-hybridized carbons (Fsp3) is 0.143. The molecule has 0 spiro atoms. The molecule has 2 nitrogen and oxygen atoms in total. The smallest absolute Gasteiger partial charge is 0.125 e. The first-order valence-corrected chi connectivity index (χ1v) is 5.45. The van der Waals surface area contributed by atoms with E-state index in [0.29, 0.717) is 0 Å². The number of anilines is 3. The Balaban J connectivity index is 2.14. The monoisotopic (exact) mass is 230 g/mol. The molecule has 2 aromatic rings. The molecule has 0 aromatic heterocycles. The molecule has 0 aliphatic rings. The van der Waals surface area contributed by atoms with Crippen molar-refractivity contribution in [1.82, 2.24) is 0 Å². The molecule has 0 heterocycles. The van der Waals surface area contributed by atoms with Gasteiger partial charge in [0, 0.05) is 31.2 Å². The van der Waals surface area contributed by atoms with E-state index in [4.69, 9.17) is 0 Å². The predicted octanol–water partition coefficient (Wildman–Crippen LogP) is 3.64. The van der Waals surface area contributed by atoms with Crippen LogP contribution >= 0.6 is 0 Å². The molecule has 0 aliphatic heterocycles. The summed E-state index contributed by atoms with van der Waals surface area (Å²) < 4.78 is 13.0. The van der Waals surface area contributed by atoms with Crippen molar-refractivity contribution in [1.29, 1.82) is 0 Å². The Morgan fingerprint density at radius 2 is 1.65 bits per heavy atom. The second kappa shape index (κ2) is 4.87. The summed E-state index contributed by atoms with van der Waals surface area (Å²) in [6.45, 7) is 0. The van der Waals surface area contributed by atoms with Gasteiger partial charge >= 0.3 is 0 Å². The van der Waals surface area contributed by atoms with Crippen LogP contribution < -0.4 is 10.2 Å². The SMILES string of the molecule is CN(C)c1ccc(Nc2cccc(F)c2)cc1. The van der Waals surface area contributed by atoms with Gasteiger partial charge < -0.3 is 10.2 Å². The number of rotatable bonds is 3. The zero-order chi connectivity index (χ0) is 12.3. The molecule has 0 saturated carbocycles. The topological polar surface area (TPSA) is 15.3 Å². The highest BCUT2D eigenvalue weighted by molar-refractivity contribution is 5.62. The summed E-state index contributed by atoms with van der Waals surface area (Å²) in [6.07, 6.45) is 0. The molecule has 2 aromatic carbocycles. The van der Waals surface area contributed by atoms with E-state index in [-0.39, 0.29) is 5.82 Å². The first-order chi connectivity index (χ1) is 8.15. The molecule has 3 heteroatoms. The predicted molar refractivity (Wildman–Crippen MR) is 70.5 cm³/mol. The minimum atomic E-state index is -0.236. The molecular weight excluding hydrogens is 215 g/mol. The summed E-state index contributed by atoms with van der Waals surface area (Å²) >= 11 is 0. The lowest BCUT2D eigenvalue weighted by atomic mass is 10.2. The van der Waals surface area contributed by atoms with Gasteiger partial charge in [0.2, 0.25) is 0 Å². The second-order valence-corrected chi connectivity index (χ2v) is 4.08. The summed E-state index contributed by atoms with van der Waals surface area (Å²) in [5.74, 6) is -0.236. The van der Waals surface area contributed by atoms with Gasteiger partial charge in [-0.1, -0.05) is 6.07 Å². The van der Waals surface area contributed by atoms with Gasteiger partial charge in [0.05, 0.1) is 0 Å². The molecule has 88 valence electrons. The van der Waals surface area contributed by atoms with Crippen LogP contribution in [0.15, 0.2) is 48.5 Å². The van der Waals surface area contributed by atoms with Crippen LogP contribution in [0.3, 0.4) is 0 Å². The third kappa shape index (κ3) is 2.97. The Morgan fingerprint density at radius 3 is 2.24 bits per heavy atom. The van der Waals surface area contributed by atoms with Crippen molar-refractivity contribution >= 4 is 17.1 Å². The lowest BCUT2D eigenvalue weighted by Crippen LogP contribution is -2.08. The maximum Gasteiger partial charge on any atom is 0.125 e. The average Bonchev–Trinajstić information content (AvgIpc) is 2.29. The molecule has 17 heavy (non-hydrogen) atoms. The average molecular weight is 230 g/mol. The van der Waals surface area contributed by atoms with Gasteiger partial charge in [-0.2, -0.15) is 0 Å². The number of hydrogen-bond acceptors (Lipinski definition) is 2. The van der Waals surface area contributed by atoms with Gasteiger partial charge in [0.25, 0.3) is 0 Å². The first kappa shape index (κ1) is 11.5. The molecule has 2 rings (SSSR count). The summed E-state index contributed by atoms with van der Waals surface area (Å²) in [6, 6.07) is 14.4. The summed E-state index contributed by atoms with van der Waals surface area (Å²) in [5.41, 5.74) is 2.83. The quantitative estimate of drug-likeness (QED) is 0.866. The molecule has 0 saturated heterocycles. The summed E-state index contributed by atoms with van der Waals surface area (Å²) in [5, 5.41) is 3.15. The van der Waals surface area contributed by atoms with Crippen LogP contribution in [0.25, 0.3) is 0 Å². The molecule has 0 atom stereocenters. The van der Waals surface area contributed by atoms with Crippen molar-refractivity contribution in [3.8, 4) is 0 Å². The van der Waals surface area contributed by atoms with Crippen molar-refractivity contribution in [2.45, 2.75) is 0 Å². The van der Waals surface area contributed by atoms with Crippen LogP contribution in [0.4, 0.5) is 21.5 Å². The van der Waals surface area contributed by atoms with Crippen molar-refractivity contribution in [2.24, 2.45) is 0 Å². The first-order valence-electron chi connectivity index (χ1n) is 5.45. The largest absolute Gasteiger partial charge is 0.378 e. The standard InChI is InChI=1S/C14H15FN2/c1-17(2)14-8-6-12(7-9-14)16-13-5-3-4-11(15)10-13/h3-10,16H,1-2H3. The molecular formula is C14H15FN2. The van der Waals surface area contributed by atoms with Crippen LogP contribution in [-0.4, -0.2) is 14.1 Å². The molecule has 0 aliphatic carbocycles. The maximum atomic E-state index is 13.0. The Hall–Kier alpha value is -2.03. The van der Waals surface area contributed by atoms with Crippen LogP contribution in [0, 0.1) is 5.82 Å². The molecule has 0 unspecified atom stereocenters. The van der Waals surface area contributed by atoms with E-state index in [1.54, 1.807) is 6.07 Å². The lowest BCUT2D eigenvalue weighted by molar-refractivity contribution is 0.628. The number of hydrogen-bond donors (Lipinski definition) is 1. The van der Waals surface area contributed by atoms with Crippen molar-refractivity contribution in [3.63, 3.8) is 0 Å². The van der Waals surface area contributed by atoms with Gasteiger partial charge in [0.15, 0.2) is 0 Å². The highest BCUT2D eigenvalue weighted by Gasteiger charge is 1.98. The summed E-state index contributed by atoms with van der Waals surface area (Å²) in [7, 11) is 3.99. The van der Waals surface area contributed by atoms with Crippen LogP contribution in [0.1, 0.15) is 0 Å². The normalized spacial score (nSPS) is 10.1. The number of benzene rings is 2. The third-order valence-corrected chi connectivity index (χ3v) is 2.50. The van der Waals surface area contributed by atoms with E-state index >= 15 is 0 Å². The van der Waals surface area contributed by atoms with Crippen LogP contribution in [-0.2, 0) is 0 Å². The molecule has 0 amide bonds. The molecule has 0 fully saturated rings. The van der Waals surface area contributed by atoms with E-state index in [9.17, 15) is 4.39 Å². The maximum absolute atomic E-state index is 13.0. The molecule has 0 bridgehead atoms. The van der Waals surface area contributed by atoms with Gasteiger partial charge in [0.1, 0.15) is 5.82 Å². The second-order valence-electron chi connectivity index (χ2n) is 4.08. The van der Waals surface area contributed by atoms with Gasteiger partial charge in [-0.05, 0) is 42.5 Å². The Morgan fingerprint density at radius 1 is 0.941 bits per heavy atom.